The highest BCUT2D eigenvalue weighted by molar-refractivity contribution is 5.54. The summed E-state index contributed by atoms with van der Waals surface area (Å²) in [7, 11) is 2.09. The first-order chi connectivity index (χ1) is 11.5. The predicted molar refractivity (Wildman–Crippen MR) is 88.1 cm³/mol. The lowest BCUT2D eigenvalue weighted by Gasteiger charge is -2.30. The monoisotopic (exact) mass is 334 g/mol. The minimum atomic E-state index is -0.274. The summed E-state index contributed by atoms with van der Waals surface area (Å²) in [5.74, 6) is 0.602. The van der Waals surface area contributed by atoms with Crippen LogP contribution in [0.3, 0.4) is 0 Å². The van der Waals surface area contributed by atoms with Gasteiger partial charge in [-0.25, -0.2) is 4.39 Å². The van der Waals surface area contributed by atoms with Crippen molar-refractivity contribution in [2.24, 2.45) is 0 Å². The quantitative estimate of drug-likeness (QED) is 0.904. The van der Waals surface area contributed by atoms with Gasteiger partial charge in [-0.3, -0.25) is 0 Å². The van der Waals surface area contributed by atoms with E-state index in [9.17, 15) is 4.39 Å². The molecule has 1 aliphatic heterocycles. The molecule has 2 aromatic rings. The summed E-state index contributed by atoms with van der Waals surface area (Å²) in [5.41, 5.74) is 1.20. The van der Waals surface area contributed by atoms with Gasteiger partial charge in [0.25, 0.3) is 0 Å². The van der Waals surface area contributed by atoms with Crippen LogP contribution in [-0.4, -0.2) is 54.4 Å². The van der Waals surface area contributed by atoms with Crippen molar-refractivity contribution in [3.8, 4) is 11.4 Å². The summed E-state index contributed by atoms with van der Waals surface area (Å²) >= 11 is 0. The molecule has 1 N–H and O–H groups in total. The highest BCUT2D eigenvalue weighted by Crippen LogP contribution is 2.21. The molecule has 2 heterocycles. The third-order valence-corrected chi connectivity index (χ3v) is 4.24. The van der Waals surface area contributed by atoms with Gasteiger partial charge in [-0.1, -0.05) is 17.3 Å². The van der Waals surface area contributed by atoms with E-state index in [0.717, 1.165) is 19.7 Å². The average molecular weight is 334 g/mol. The Bertz CT molecular complexity index is 691. The number of nitrogens with one attached hydrogen (secondary N) is 1. The van der Waals surface area contributed by atoms with E-state index in [0.29, 0.717) is 29.4 Å². The Balaban J connectivity index is 1.61. The van der Waals surface area contributed by atoms with Crippen molar-refractivity contribution in [3.05, 3.63) is 35.5 Å². The number of aryl methyl sites for hydroxylation is 1. The van der Waals surface area contributed by atoms with E-state index in [1.165, 1.54) is 6.07 Å². The first-order valence-corrected chi connectivity index (χ1v) is 8.16. The van der Waals surface area contributed by atoms with Gasteiger partial charge >= 0.3 is 0 Å². The van der Waals surface area contributed by atoms with Gasteiger partial charge < -0.3 is 19.5 Å². The number of halogens is 1. The van der Waals surface area contributed by atoms with Gasteiger partial charge in [-0.05, 0) is 32.5 Å². The molecule has 1 aromatic carbocycles. The molecule has 0 aliphatic carbocycles. The van der Waals surface area contributed by atoms with Gasteiger partial charge in [0.05, 0.1) is 18.8 Å². The number of nitrogens with zero attached hydrogens (tertiary/aromatic N) is 3. The molecule has 0 unspecified atom stereocenters. The molecule has 1 aromatic heterocycles. The summed E-state index contributed by atoms with van der Waals surface area (Å²) in [6.07, 6.45) is 0.153. The maximum Gasteiger partial charge on any atom is 0.243 e. The molecule has 0 radical (unpaired) electrons. The van der Waals surface area contributed by atoms with E-state index in [4.69, 9.17) is 9.26 Å². The standard InChI is InChI=1S/C17H23FN4O2/c1-11-4-5-13(8-15(11)18)16-20-17(24-21-16)12(2)19-9-14-10-22(3)6-7-23-14/h4-5,8,12,14,19H,6-7,9-10H2,1-3H3/t12-,14+/m1/s1. The zero-order valence-electron chi connectivity index (χ0n) is 14.3. The third-order valence-electron chi connectivity index (χ3n) is 4.24. The molecular weight excluding hydrogens is 311 g/mol. The van der Waals surface area contributed by atoms with Gasteiger partial charge in [-0.15, -0.1) is 0 Å². The summed E-state index contributed by atoms with van der Waals surface area (Å²) in [5, 5.41) is 7.31. The van der Waals surface area contributed by atoms with Crippen molar-refractivity contribution >= 4 is 0 Å². The Hall–Kier alpha value is -1.83. The van der Waals surface area contributed by atoms with Crippen molar-refractivity contribution in [1.82, 2.24) is 20.4 Å². The smallest absolute Gasteiger partial charge is 0.243 e. The summed E-state index contributed by atoms with van der Waals surface area (Å²) in [6, 6.07) is 4.82. The molecular formula is C17H23FN4O2. The molecule has 3 rings (SSSR count). The van der Waals surface area contributed by atoms with E-state index < -0.39 is 0 Å². The van der Waals surface area contributed by atoms with Crippen molar-refractivity contribution in [2.75, 3.05) is 33.3 Å². The highest BCUT2D eigenvalue weighted by Gasteiger charge is 2.20. The predicted octanol–water partition coefficient (Wildman–Crippen LogP) is 2.17. The fourth-order valence-corrected chi connectivity index (χ4v) is 2.65. The van der Waals surface area contributed by atoms with Crippen LogP contribution in [0.15, 0.2) is 22.7 Å². The van der Waals surface area contributed by atoms with Crippen LogP contribution in [0.5, 0.6) is 0 Å². The van der Waals surface area contributed by atoms with Crippen LogP contribution in [0, 0.1) is 12.7 Å². The molecule has 130 valence electrons. The van der Waals surface area contributed by atoms with Gasteiger partial charge in [0.1, 0.15) is 5.82 Å². The van der Waals surface area contributed by atoms with E-state index in [-0.39, 0.29) is 18.0 Å². The van der Waals surface area contributed by atoms with Crippen LogP contribution in [0.4, 0.5) is 4.39 Å². The molecule has 1 saturated heterocycles. The lowest BCUT2D eigenvalue weighted by molar-refractivity contribution is -0.0194. The van der Waals surface area contributed by atoms with Gasteiger partial charge in [0, 0.05) is 25.2 Å². The summed E-state index contributed by atoms with van der Waals surface area (Å²) in [6.45, 7) is 7.00. The molecule has 0 spiro atoms. The van der Waals surface area contributed by atoms with Crippen molar-refractivity contribution < 1.29 is 13.7 Å². The fourth-order valence-electron chi connectivity index (χ4n) is 2.65. The summed E-state index contributed by atoms with van der Waals surface area (Å²) < 4.78 is 24.7. The van der Waals surface area contributed by atoms with Crippen LogP contribution in [0.2, 0.25) is 0 Å². The number of aromatic nitrogens is 2. The van der Waals surface area contributed by atoms with Crippen LogP contribution < -0.4 is 5.32 Å². The van der Waals surface area contributed by atoms with E-state index >= 15 is 0 Å². The minimum Gasteiger partial charge on any atom is -0.374 e. The highest BCUT2D eigenvalue weighted by atomic mass is 19.1. The minimum absolute atomic E-state index is 0.0997. The van der Waals surface area contributed by atoms with Crippen LogP contribution in [0.25, 0.3) is 11.4 Å². The van der Waals surface area contributed by atoms with E-state index in [1.807, 2.05) is 6.92 Å². The molecule has 0 saturated carbocycles. The Morgan fingerprint density at radius 2 is 2.29 bits per heavy atom. The Labute approximate surface area is 141 Å². The molecule has 0 amide bonds. The average Bonchev–Trinajstić information content (AvgIpc) is 3.05. The molecule has 1 aliphatic rings. The van der Waals surface area contributed by atoms with E-state index in [1.54, 1.807) is 19.1 Å². The second-order valence-electron chi connectivity index (χ2n) is 6.31. The van der Waals surface area contributed by atoms with E-state index in [2.05, 4.69) is 27.4 Å². The number of morpholine rings is 1. The largest absolute Gasteiger partial charge is 0.374 e. The zero-order valence-corrected chi connectivity index (χ0v) is 14.3. The first-order valence-electron chi connectivity index (χ1n) is 8.16. The Kier molecular flexibility index (Phi) is 5.23. The molecule has 24 heavy (non-hydrogen) atoms. The Morgan fingerprint density at radius 1 is 1.46 bits per heavy atom. The SMILES string of the molecule is Cc1ccc(-c2noc([C@@H](C)NC[C@H]3CN(C)CCO3)n2)cc1F. The molecule has 0 bridgehead atoms. The normalized spacial score (nSPS) is 20.2. The maximum absolute atomic E-state index is 13.7. The molecule has 6 nitrogen and oxygen atoms in total. The lowest BCUT2D eigenvalue weighted by Crippen LogP contribution is -2.45. The number of ether oxygens (including phenoxy) is 1. The Morgan fingerprint density at radius 3 is 3.04 bits per heavy atom. The van der Waals surface area contributed by atoms with Gasteiger partial charge in [0.15, 0.2) is 0 Å². The fraction of sp³-hybridized carbons (Fsp3) is 0.529. The van der Waals surface area contributed by atoms with Gasteiger partial charge in [-0.2, -0.15) is 4.98 Å². The third kappa shape index (κ3) is 3.98. The molecule has 1 fully saturated rings. The second-order valence-corrected chi connectivity index (χ2v) is 6.31. The molecule has 7 heteroatoms. The maximum atomic E-state index is 13.7. The molecule has 2 atom stereocenters. The number of rotatable bonds is 5. The first kappa shape index (κ1) is 17.0. The number of likely N-dealkylation sites (N-methyl/N-ethyl adjacent to an activating group) is 1. The van der Waals surface area contributed by atoms with Crippen LogP contribution in [-0.2, 0) is 4.74 Å². The number of hydrogen-bond donors (Lipinski definition) is 1. The second kappa shape index (κ2) is 7.38. The van der Waals surface area contributed by atoms with Crippen molar-refractivity contribution in [2.45, 2.75) is 26.0 Å². The van der Waals surface area contributed by atoms with Crippen LogP contribution in [0.1, 0.15) is 24.4 Å². The number of benzene rings is 1. The van der Waals surface area contributed by atoms with Crippen molar-refractivity contribution in [1.29, 1.82) is 0 Å². The van der Waals surface area contributed by atoms with Gasteiger partial charge in [0.2, 0.25) is 11.7 Å². The van der Waals surface area contributed by atoms with Crippen molar-refractivity contribution in [3.63, 3.8) is 0 Å². The topological polar surface area (TPSA) is 63.4 Å². The zero-order chi connectivity index (χ0) is 17.1. The van der Waals surface area contributed by atoms with Crippen LogP contribution >= 0.6 is 0 Å². The summed E-state index contributed by atoms with van der Waals surface area (Å²) in [4.78, 5) is 6.62. The number of hydrogen-bond acceptors (Lipinski definition) is 6. The lowest BCUT2D eigenvalue weighted by atomic mass is 10.1.